The van der Waals surface area contributed by atoms with Gasteiger partial charge in [-0.25, -0.2) is 9.38 Å². The lowest BCUT2D eigenvalue weighted by molar-refractivity contribution is 0.428. The van der Waals surface area contributed by atoms with Gasteiger partial charge in [0, 0.05) is 22.7 Å². The summed E-state index contributed by atoms with van der Waals surface area (Å²) in [4.78, 5) is 7.68. The second kappa shape index (κ2) is 8.46. The molecule has 2 heterocycles. The fourth-order valence-corrected chi connectivity index (χ4v) is 4.71. The van der Waals surface area contributed by atoms with E-state index in [-0.39, 0.29) is 0 Å². The Morgan fingerprint density at radius 3 is 2.57 bits per heavy atom. The SMILES string of the molecule is C=C1C(c2ccc(Cl)s2)=C(C)N=C(c2cccc(F)c2O)N1CCc1ccccc1. The van der Waals surface area contributed by atoms with Gasteiger partial charge in [-0.3, -0.25) is 0 Å². The first-order valence-corrected chi connectivity index (χ1v) is 10.7. The number of nitrogens with zero attached hydrogens (tertiary/aromatic N) is 2. The number of benzene rings is 2. The number of rotatable bonds is 5. The Morgan fingerprint density at radius 2 is 1.87 bits per heavy atom. The molecule has 1 aliphatic rings. The number of allylic oxidation sites excluding steroid dienone is 2. The summed E-state index contributed by atoms with van der Waals surface area (Å²) in [6.45, 7) is 6.79. The quantitative estimate of drug-likeness (QED) is 0.493. The zero-order chi connectivity index (χ0) is 21.3. The summed E-state index contributed by atoms with van der Waals surface area (Å²) in [5.41, 5.74) is 3.90. The van der Waals surface area contributed by atoms with Gasteiger partial charge in [0.2, 0.25) is 0 Å². The van der Waals surface area contributed by atoms with Crippen molar-refractivity contribution in [3.05, 3.63) is 105 Å². The van der Waals surface area contributed by atoms with Gasteiger partial charge >= 0.3 is 0 Å². The van der Waals surface area contributed by atoms with Crippen molar-refractivity contribution in [3.63, 3.8) is 0 Å². The smallest absolute Gasteiger partial charge is 0.165 e. The van der Waals surface area contributed by atoms with Crippen LogP contribution >= 0.6 is 22.9 Å². The molecule has 0 spiro atoms. The maximum atomic E-state index is 14.1. The second-order valence-corrected chi connectivity index (χ2v) is 8.68. The molecule has 1 N–H and O–H groups in total. The highest BCUT2D eigenvalue weighted by Gasteiger charge is 2.29. The predicted octanol–water partition coefficient (Wildman–Crippen LogP) is 6.50. The number of aliphatic imine (C=N–C) groups is 1. The zero-order valence-corrected chi connectivity index (χ0v) is 18.0. The Morgan fingerprint density at radius 1 is 1.10 bits per heavy atom. The molecule has 0 bridgehead atoms. The fourth-order valence-electron chi connectivity index (χ4n) is 3.54. The summed E-state index contributed by atoms with van der Waals surface area (Å²) in [6, 6.07) is 18.4. The first kappa shape index (κ1) is 20.4. The summed E-state index contributed by atoms with van der Waals surface area (Å²) in [5.74, 6) is -0.609. The standard InChI is InChI=1S/C24H20ClFN2OS/c1-15-22(20-11-12-21(25)30-20)16(2)28(14-13-17-7-4-3-5-8-17)24(27-15)18-9-6-10-19(26)23(18)29/h3-12,29H,2,13-14H2,1H3. The number of phenols is 1. The summed E-state index contributed by atoms with van der Waals surface area (Å²) < 4.78 is 14.8. The van der Waals surface area contributed by atoms with Crippen LogP contribution in [0.25, 0.3) is 5.57 Å². The highest BCUT2D eigenvalue weighted by molar-refractivity contribution is 7.17. The van der Waals surface area contributed by atoms with Crippen LogP contribution in [0.4, 0.5) is 4.39 Å². The van der Waals surface area contributed by atoms with Crippen LogP contribution in [0.15, 0.2) is 83.6 Å². The van der Waals surface area contributed by atoms with Crippen LogP contribution in [-0.2, 0) is 6.42 Å². The molecular weight excluding hydrogens is 419 g/mol. The number of aromatic hydroxyl groups is 1. The van der Waals surface area contributed by atoms with Gasteiger partial charge in [-0.15, -0.1) is 11.3 Å². The average Bonchev–Trinajstić information content (AvgIpc) is 3.15. The molecule has 0 saturated heterocycles. The number of hydrogen-bond donors (Lipinski definition) is 1. The molecule has 0 atom stereocenters. The highest BCUT2D eigenvalue weighted by Crippen LogP contribution is 2.39. The van der Waals surface area contributed by atoms with Crippen molar-refractivity contribution >= 4 is 34.3 Å². The maximum Gasteiger partial charge on any atom is 0.165 e. The summed E-state index contributed by atoms with van der Waals surface area (Å²) in [7, 11) is 0. The van der Waals surface area contributed by atoms with Crippen molar-refractivity contribution < 1.29 is 9.50 Å². The second-order valence-electron chi connectivity index (χ2n) is 6.97. The normalized spacial score (nSPS) is 14.3. The van der Waals surface area contributed by atoms with Gasteiger partial charge in [-0.2, -0.15) is 0 Å². The molecule has 2 aromatic carbocycles. The van der Waals surface area contributed by atoms with Gasteiger partial charge in [0.25, 0.3) is 0 Å². The number of halogens is 2. The third kappa shape index (κ3) is 3.91. The van der Waals surface area contributed by atoms with Crippen molar-refractivity contribution in [2.75, 3.05) is 6.54 Å². The first-order valence-electron chi connectivity index (χ1n) is 9.49. The molecule has 152 valence electrons. The van der Waals surface area contributed by atoms with E-state index >= 15 is 0 Å². The molecule has 0 amide bonds. The number of hydrogen-bond acceptors (Lipinski definition) is 4. The lowest BCUT2D eigenvalue weighted by atomic mass is 10.0. The summed E-state index contributed by atoms with van der Waals surface area (Å²) in [5, 5.41) is 10.4. The number of phenolic OH excluding ortho intramolecular Hbond substituents is 1. The van der Waals surface area contributed by atoms with E-state index in [1.807, 2.05) is 42.2 Å². The van der Waals surface area contributed by atoms with Crippen molar-refractivity contribution in [2.24, 2.45) is 4.99 Å². The van der Waals surface area contributed by atoms with E-state index in [0.29, 0.717) is 22.3 Å². The van der Waals surface area contributed by atoms with Crippen molar-refractivity contribution in [2.45, 2.75) is 13.3 Å². The molecule has 1 aromatic heterocycles. The Balaban J connectivity index is 1.79. The molecule has 0 saturated carbocycles. The van der Waals surface area contributed by atoms with E-state index in [1.54, 1.807) is 12.1 Å². The third-order valence-electron chi connectivity index (χ3n) is 5.02. The molecule has 0 aliphatic carbocycles. The van der Waals surface area contributed by atoms with Gasteiger partial charge in [0.05, 0.1) is 15.6 Å². The van der Waals surface area contributed by atoms with Crippen molar-refractivity contribution in [1.29, 1.82) is 0 Å². The predicted molar refractivity (Wildman–Crippen MR) is 123 cm³/mol. The minimum atomic E-state index is -0.679. The molecule has 3 nitrogen and oxygen atoms in total. The molecular formula is C24H20ClFN2OS. The fraction of sp³-hybridized carbons (Fsp3) is 0.125. The van der Waals surface area contributed by atoms with Gasteiger partial charge in [0.15, 0.2) is 11.6 Å². The molecule has 0 fully saturated rings. The average molecular weight is 439 g/mol. The molecule has 6 heteroatoms. The van der Waals surface area contributed by atoms with Gasteiger partial charge < -0.3 is 10.0 Å². The van der Waals surface area contributed by atoms with Crippen LogP contribution in [0.3, 0.4) is 0 Å². The Bertz CT molecular complexity index is 1170. The molecule has 3 aromatic rings. The topological polar surface area (TPSA) is 35.8 Å². The Hall–Kier alpha value is -2.89. The van der Waals surface area contributed by atoms with Crippen LogP contribution in [-0.4, -0.2) is 22.4 Å². The van der Waals surface area contributed by atoms with E-state index in [0.717, 1.165) is 28.3 Å². The minimum Gasteiger partial charge on any atom is -0.504 e. The summed E-state index contributed by atoms with van der Waals surface area (Å²) in [6.07, 6.45) is 0.743. The Labute approximate surface area is 184 Å². The monoisotopic (exact) mass is 438 g/mol. The Kier molecular flexibility index (Phi) is 5.75. The molecule has 0 radical (unpaired) electrons. The van der Waals surface area contributed by atoms with Crippen LogP contribution in [0, 0.1) is 5.82 Å². The number of para-hydroxylation sites is 1. The van der Waals surface area contributed by atoms with Crippen LogP contribution in [0.5, 0.6) is 5.75 Å². The van der Waals surface area contributed by atoms with E-state index in [4.69, 9.17) is 16.6 Å². The molecule has 0 unspecified atom stereocenters. The maximum absolute atomic E-state index is 14.1. The van der Waals surface area contributed by atoms with Crippen molar-refractivity contribution in [1.82, 2.24) is 4.90 Å². The molecule has 30 heavy (non-hydrogen) atoms. The van der Waals surface area contributed by atoms with E-state index < -0.39 is 11.6 Å². The lowest BCUT2D eigenvalue weighted by Crippen LogP contribution is -2.35. The van der Waals surface area contributed by atoms with Crippen LogP contribution in [0.2, 0.25) is 4.34 Å². The third-order valence-corrected chi connectivity index (χ3v) is 6.27. The van der Waals surface area contributed by atoms with E-state index in [1.165, 1.54) is 23.0 Å². The number of amidine groups is 1. The van der Waals surface area contributed by atoms with Crippen LogP contribution in [0.1, 0.15) is 22.9 Å². The minimum absolute atomic E-state index is 0.340. The highest BCUT2D eigenvalue weighted by atomic mass is 35.5. The van der Waals surface area contributed by atoms with E-state index in [9.17, 15) is 9.50 Å². The van der Waals surface area contributed by atoms with E-state index in [2.05, 4.69) is 18.7 Å². The largest absolute Gasteiger partial charge is 0.504 e. The van der Waals surface area contributed by atoms with Gasteiger partial charge in [-0.1, -0.05) is 54.6 Å². The lowest BCUT2D eigenvalue weighted by Gasteiger charge is -2.33. The zero-order valence-electron chi connectivity index (χ0n) is 16.4. The molecule has 1 aliphatic heterocycles. The first-order chi connectivity index (χ1) is 14.5. The summed E-state index contributed by atoms with van der Waals surface area (Å²) >= 11 is 7.62. The van der Waals surface area contributed by atoms with Gasteiger partial charge in [-0.05, 0) is 43.2 Å². The van der Waals surface area contributed by atoms with Crippen molar-refractivity contribution in [3.8, 4) is 5.75 Å². The van der Waals surface area contributed by atoms with Gasteiger partial charge in [0.1, 0.15) is 5.84 Å². The number of thiophene rings is 1. The molecule has 4 rings (SSSR count). The van der Waals surface area contributed by atoms with Crippen LogP contribution < -0.4 is 0 Å².